The lowest BCUT2D eigenvalue weighted by atomic mass is 9.88. The minimum atomic E-state index is -2.47. The molecule has 4 heteroatoms. The third-order valence-electron chi connectivity index (χ3n) is 3.08. The van der Waals surface area contributed by atoms with Crippen LogP contribution in [-0.4, -0.2) is 18.2 Å². The second-order valence-electron chi connectivity index (χ2n) is 4.14. The lowest BCUT2D eigenvalue weighted by Gasteiger charge is -2.24. The zero-order chi connectivity index (χ0) is 11.5. The first-order chi connectivity index (χ1) is 7.68. The molecule has 1 aliphatic rings. The third-order valence-corrected chi connectivity index (χ3v) is 3.08. The summed E-state index contributed by atoms with van der Waals surface area (Å²) in [6.07, 6.45) is -0.693. The highest BCUT2D eigenvalue weighted by Gasteiger charge is 2.20. The predicted octanol–water partition coefficient (Wildman–Crippen LogP) is 2.80. The third kappa shape index (κ3) is 2.32. The Balaban J connectivity index is 2.27. The first kappa shape index (κ1) is 11.3. The van der Waals surface area contributed by atoms with Gasteiger partial charge in [0.15, 0.2) is 0 Å². The van der Waals surface area contributed by atoms with Gasteiger partial charge in [-0.1, -0.05) is 0 Å². The van der Waals surface area contributed by atoms with Crippen molar-refractivity contribution in [2.45, 2.75) is 25.2 Å². The van der Waals surface area contributed by atoms with Gasteiger partial charge in [0.25, 0.3) is 6.43 Å². The maximum Gasteiger partial charge on any atom is 0.263 e. The molecular weight excluding hydrogens is 212 g/mol. The average Bonchev–Trinajstić information content (AvgIpc) is 2.30. The molecule has 0 aliphatic carbocycles. The van der Waals surface area contributed by atoms with E-state index in [4.69, 9.17) is 0 Å². The molecule has 1 aromatic rings. The van der Waals surface area contributed by atoms with Crippen LogP contribution in [0, 0.1) is 0 Å². The van der Waals surface area contributed by atoms with Crippen molar-refractivity contribution in [1.82, 2.24) is 5.32 Å². The summed E-state index contributed by atoms with van der Waals surface area (Å²) in [5.74, 6) is 0.330. The topological polar surface area (TPSA) is 32.3 Å². The molecule has 0 saturated carbocycles. The summed E-state index contributed by atoms with van der Waals surface area (Å²) in [6.45, 7) is 1.76. The molecule has 16 heavy (non-hydrogen) atoms. The first-order valence-electron chi connectivity index (χ1n) is 5.50. The Hall–Kier alpha value is -1.16. The standard InChI is InChI=1S/C12H15F2NO/c13-12(14)9-1-2-11(16)10(7-9)8-3-5-15-6-4-8/h1-2,7-8,12,15-16H,3-6H2. The van der Waals surface area contributed by atoms with E-state index in [1.807, 2.05) is 0 Å². The molecule has 0 amide bonds. The minimum Gasteiger partial charge on any atom is -0.508 e. The molecule has 1 aliphatic heterocycles. The van der Waals surface area contributed by atoms with Gasteiger partial charge in [-0.2, -0.15) is 0 Å². The number of aromatic hydroxyl groups is 1. The predicted molar refractivity (Wildman–Crippen MR) is 57.9 cm³/mol. The van der Waals surface area contributed by atoms with E-state index in [9.17, 15) is 13.9 Å². The molecule has 0 spiro atoms. The van der Waals surface area contributed by atoms with Crippen LogP contribution in [0.15, 0.2) is 18.2 Å². The monoisotopic (exact) mass is 227 g/mol. The Kier molecular flexibility index (Phi) is 3.39. The van der Waals surface area contributed by atoms with Gasteiger partial charge in [0.1, 0.15) is 5.75 Å². The van der Waals surface area contributed by atoms with Crippen LogP contribution in [0.4, 0.5) is 8.78 Å². The molecule has 1 heterocycles. The van der Waals surface area contributed by atoms with Crippen molar-refractivity contribution in [3.8, 4) is 5.75 Å². The zero-order valence-electron chi connectivity index (χ0n) is 8.92. The number of rotatable bonds is 2. The van der Waals surface area contributed by atoms with E-state index in [1.165, 1.54) is 18.2 Å². The summed E-state index contributed by atoms with van der Waals surface area (Å²) in [7, 11) is 0. The molecule has 0 unspecified atom stereocenters. The van der Waals surface area contributed by atoms with Crippen LogP contribution in [-0.2, 0) is 0 Å². The number of benzene rings is 1. The van der Waals surface area contributed by atoms with Crippen molar-refractivity contribution in [2.24, 2.45) is 0 Å². The molecule has 0 atom stereocenters. The largest absolute Gasteiger partial charge is 0.508 e. The molecule has 2 nitrogen and oxygen atoms in total. The van der Waals surface area contributed by atoms with Crippen LogP contribution in [0.3, 0.4) is 0 Å². The van der Waals surface area contributed by atoms with Gasteiger partial charge in [-0.15, -0.1) is 0 Å². The van der Waals surface area contributed by atoms with Gasteiger partial charge in [0.2, 0.25) is 0 Å². The van der Waals surface area contributed by atoms with E-state index in [-0.39, 0.29) is 17.2 Å². The van der Waals surface area contributed by atoms with Gasteiger partial charge in [0.05, 0.1) is 0 Å². The zero-order valence-corrected chi connectivity index (χ0v) is 8.92. The maximum atomic E-state index is 12.6. The second-order valence-corrected chi connectivity index (χ2v) is 4.14. The van der Waals surface area contributed by atoms with E-state index in [0.29, 0.717) is 5.56 Å². The van der Waals surface area contributed by atoms with Crippen LogP contribution >= 0.6 is 0 Å². The number of halogens is 2. The van der Waals surface area contributed by atoms with Gasteiger partial charge in [-0.25, -0.2) is 8.78 Å². The van der Waals surface area contributed by atoms with Gasteiger partial charge >= 0.3 is 0 Å². The molecule has 88 valence electrons. The summed E-state index contributed by atoms with van der Waals surface area (Å²) >= 11 is 0. The van der Waals surface area contributed by atoms with E-state index >= 15 is 0 Å². The van der Waals surface area contributed by atoms with Crippen molar-refractivity contribution in [1.29, 1.82) is 0 Å². The van der Waals surface area contributed by atoms with E-state index < -0.39 is 6.43 Å². The van der Waals surface area contributed by atoms with Crippen molar-refractivity contribution < 1.29 is 13.9 Å². The number of hydrogen-bond donors (Lipinski definition) is 2. The fourth-order valence-corrected chi connectivity index (χ4v) is 2.17. The molecule has 2 N–H and O–H groups in total. The van der Waals surface area contributed by atoms with E-state index in [2.05, 4.69) is 5.32 Å². The summed E-state index contributed by atoms with van der Waals surface area (Å²) in [4.78, 5) is 0. The molecule has 2 rings (SSSR count). The van der Waals surface area contributed by atoms with E-state index in [0.717, 1.165) is 25.9 Å². The van der Waals surface area contributed by atoms with Crippen molar-refractivity contribution in [3.63, 3.8) is 0 Å². The number of piperidine rings is 1. The first-order valence-corrected chi connectivity index (χ1v) is 5.50. The maximum absolute atomic E-state index is 12.6. The van der Waals surface area contributed by atoms with Gasteiger partial charge in [-0.05, 0) is 55.6 Å². The lowest BCUT2D eigenvalue weighted by molar-refractivity contribution is 0.151. The number of phenolic OH excluding ortho intramolecular Hbond substituents is 1. The Labute approximate surface area is 93.3 Å². The molecule has 1 saturated heterocycles. The Bertz CT molecular complexity index is 362. The summed E-state index contributed by atoms with van der Waals surface area (Å²) in [6, 6.07) is 4.10. The van der Waals surface area contributed by atoms with Gasteiger partial charge in [0, 0.05) is 5.56 Å². The quantitative estimate of drug-likeness (QED) is 0.814. The highest BCUT2D eigenvalue weighted by molar-refractivity contribution is 5.39. The molecule has 1 aromatic carbocycles. The average molecular weight is 227 g/mol. The lowest BCUT2D eigenvalue weighted by Crippen LogP contribution is -2.26. The second kappa shape index (κ2) is 4.78. The number of alkyl halides is 2. The van der Waals surface area contributed by atoms with Gasteiger partial charge in [-0.3, -0.25) is 0 Å². The Morgan fingerprint density at radius 3 is 2.56 bits per heavy atom. The van der Waals surface area contributed by atoms with Crippen molar-refractivity contribution in [3.05, 3.63) is 29.3 Å². The minimum absolute atomic E-state index is 0.00803. The van der Waals surface area contributed by atoms with Gasteiger partial charge < -0.3 is 10.4 Å². The van der Waals surface area contributed by atoms with Crippen LogP contribution in [0.1, 0.15) is 36.3 Å². The van der Waals surface area contributed by atoms with Crippen molar-refractivity contribution >= 4 is 0 Å². The number of phenols is 1. The Morgan fingerprint density at radius 1 is 1.25 bits per heavy atom. The highest BCUT2D eigenvalue weighted by atomic mass is 19.3. The van der Waals surface area contributed by atoms with Crippen LogP contribution < -0.4 is 5.32 Å². The van der Waals surface area contributed by atoms with Crippen LogP contribution in [0.2, 0.25) is 0 Å². The summed E-state index contributed by atoms with van der Waals surface area (Å²) < 4.78 is 25.1. The number of hydrogen-bond acceptors (Lipinski definition) is 2. The molecule has 1 fully saturated rings. The Morgan fingerprint density at radius 2 is 1.94 bits per heavy atom. The normalized spacial score (nSPS) is 17.9. The summed E-state index contributed by atoms with van der Waals surface area (Å²) in [5.41, 5.74) is 0.658. The smallest absolute Gasteiger partial charge is 0.263 e. The highest BCUT2D eigenvalue weighted by Crippen LogP contribution is 2.34. The van der Waals surface area contributed by atoms with Crippen LogP contribution in [0.5, 0.6) is 5.75 Å². The fourth-order valence-electron chi connectivity index (χ4n) is 2.17. The van der Waals surface area contributed by atoms with Crippen LogP contribution in [0.25, 0.3) is 0 Å². The summed E-state index contributed by atoms with van der Waals surface area (Å²) in [5, 5.41) is 12.9. The SMILES string of the molecule is Oc1ccc(C(F)F)cc1C1CCNCC1. The molecule has 0 aromatic heterocycles. The van der Waals surface area contributed by atoms with E-state index in [1.54, 1.807) is 0 Å². The fraction of sp³-hybridized carbons (Fsp3) is 0.500. The molecular formula is C12H15F2NO. The molecule has 0 radical (unpaired) electrons. The van der Waals surface area contributed by atoms with Crippen molar-refractivity contribution in [2.75, 3.05) is 13.1 Å². The molecule has 0 bridgehead atoms. The number of nitrogens with one attached hydrogen (secondary N) is 1.